The molecule has 0 aliphatic heterocycles. The Morgan fingerprint density at radius 3 is 2.86 bits per heavy atom. The normalized spacial score (nSPS) is 10.6. The summed E-state index contributed by atoms with van der Waals surface area (Å²) in [6.45, 7) is 4.02. The summed E-state index contributed by atoms with van der Waals surface area (Å²) in [7, 11) is 1.57. The second kappa shape index (κ2) is 11.1. The molecule has 1 aromatic carbocycles. The summed E-state index contributed by atoms with van der Waals surface area (Å²) in [5, 5.41) is 13.6. The highest BCUT2D eigenvalue weighted by molar-refractivity contribution is 9.10. The zero-order chi connectivity index (χ0) is 21.2. The molecule has 1 N–H and O–H groups in total. The van der Waals surface area contributed by atoms with Crippen LogP contribution in [0.15, 0.2) is 33.8 Å². The van der Waals surface area contributed by atoms with Crippen LogP contribution in [0, 0.1) is 18.3 Å². The fourth-order valence-electron chi connectivity index (χ4n) is 2.44. The maximum absolute atomic E-state index is 11.4. The molecule has 0 bridgehead atoms. The molecule has 0 amide bonds. The quantitative estimate of drug-likeness (QED) is 0.346. The highest BCUT2D eigenvalue weighted by Gasteiger charge is 2.11. The van der Waals surface area contributed by atoms with Crippen molar-refractivity contribution in [2.75, 3.05) is 25.7 Å². The maximum Gasteiger partial charge on any atom is 0.344 e. The average molecular weight is 461 g/mol. The number of ether oxygens (including phenoxy) is 3. The number of anilines is 1. The van der Waals surface area contributed by atoms with E-state index in [-0.39, 0.29) is 6.61 Å². The van der Waals surface area contributed by atoms with E-state index < -0.39 is 5.97 Å². The number of nitriles is 1. The van der Waals surface area contributed by atoms with Crippen molar-refractivity contribution < 1.29 is 19.0 Å². The van der Waals surface area contributed by atoms with Crippen molar-refractivity contribution in [1.82, 2.24) is 4.98 Å². The first-order valence-corrected chi connectivity index (χ1v) is 9.54. The topological polar surface area (TPSA) is 106 Å². The minimum absolute atomic E-state index is 0.165. The summed E-state index contributed by atoms with van der Waals surface area (Å²) < 4.78 is 16.0. The van der Waals surface area contributed by atoms with Gasteiger partial charge in [0.1, 0.15) is 17.4 Å². The highest BCUT2D eigenvalue weighted by Crippen LogP contribution is 2.25. The molecule has 0 radical (unpaired) electrons. The summed E-state index contributed by atoms with van der Waals surface area (Å²) in [5.74, 6) is 0.449. The van der Waals surface area contributed by atoms with Crippen LogP contribution in [0.5, 0.6) is 5.75 Å². The van der Waals surface area contributed by atoms with Crippen molar-refractivity contribution in [2.24, 2.45) is 5.10 Å². The van der Waals surface area contributed by atoms with E-state index in [9.17, 15) is 10.1 Å². The molecule has 152 valence electrons. The Hall–Kier alpha value is -2.96. The number of nitrogens with zero attached hydrogens (tertiary/aromatic N) is 3. The molecule has 1 heterocycles. The molecule has 2 rings (SSSR count). The van der Waals surface area contributed by atoms with E-state index in [1.807, 2.05) is 13.0 Å². The van der Waals surface area contributed by atoms with Gasteiger partial charge in [0, 0.05) is 18.4 Å². The molecule has 0 aliphatic carbocycles. The summed E-state index contributed by atoms with van der Waals surface area (Å²) >= 11 is 3.40. The van der Waals surface area contributed by atoms with Gasteiger partial charge in [0.15, 0.2) is 12.4 Å². The first-order chi connectivity index (χ1) is 14.0. The number of benzene rings is 1. The molecule has 0 spiro atoms. The van der Waals surface area contributed by atoms with Gasteiger partial charge in [0.25, 0.3) is 0 Å². The van der Waals surface area contributed by atoms with Crippen LogP contribution in [0.3, 0.4) is 0 Å². The first-order valence-electron chi connectivity index (χ1n) is 8.75. The van der Waals surface area contributed by atoms with Gasteiger partial charge in [0.05, 0.1) is 23.9 Å². The molecule has 9 heteroatoms. The predicted molar refractivity (Wildman–Crippen MR) is 112 cm³/mol. The number of carbonyl (C=O) groups excluding carboxylic acids is 1. The average Bonchev–Trinajstić information content (AvgIpc) is 2.68. The molecular weight excluding hydrogens is 440 g/mol. The van der Waals surface area contributed by atoms with Gasteiger partial charge < -0.3 is 14.2 Å². The van der Waals surface area contributed by atoms with E-state index in [4.69, 9.17) is 14.2 Å². The Bertz CT molecular complexity index is 941. The number of rotatable bonds is 9. The third-order valence-corrected chi connectivity index (χ3v) is 4.25. The van der Waals surface area contributed by atoms with E-state index in [1.54, 1.807) is 38.4 Å². The molecule has 0 unspecified atom stereocenters. The molecule has 0 aliphatic rings. The number of methoxy groups -OCH3 is 1. The number of nitrogens with one attached hydrogen (secondary N) is 1. The van der Waals surface area contributed by atoms with Crippen molar-refractivity contribution >= 4 is 33.9 Å². The number of pyridine rings is 1. The second-order valence-corrected chi connectivity index (χ2v) is 6.70. The first kappa shape index (κ1) is 22.3. The molecular formula is C20H21BrN4O4. The van der Waals surface area contributed by atoms with Crippen LogP contribution >= 0.6 is 15.9 Å². The van der Waals surface area contributed by atoms with Gasteiger partial charge in [0.2, 0.25) is 0 Å². The van der Waals surface area contributed by atoms with Crippen LogP contribution in [0.2, 0.25) is 0 Å². The van der Waals surface area contributed by atoms with Crippen molar-refractivity contribution in [3.8, 4) is 11.8 Å². The molecule has 8 nitrogen and oxygen atoms in total. The standard InChI is InChI=1S/C20H21BrN4O4/c1-4-28-19(26)12-29-18-6-5-14(8-17(18)21)10-23-25-20-16(9-22)15(11-27-3)7-13(2)24-20/h5-8,10H,4,11-12H2,1-3H3,(H,24,25). The summed E-state index contributed by atoms with van der Waals surface area (Å²) in [4.78, 5) is 15.7. The summed E-state index contributed by atoms with van der Waals surface area (Å²) in [6, 6.07) is 9.22. The lowest BCUT2D eigenvalue weighted by Gasteiger charge is -2.09. The van der Waals surface area contributed by atoms with Crippen molar-refractivity contribution in [2.45, 2.75) is 20.5 Å². The van der Waals surface area contributed by atoms with E-state index in [0.29, 0.717) is 34.8 Å². The number of hydrogen-bond acceptors (Lipinski definition) is 8. The summed E-state index contributed by atoms with van der Waals surface area (Å²) in [6.07, 6.45) is 1.58. The zero-order valence-electron chi connectivity index (χ0n) is 16.4. The van der Waals surface area contributed by atoms with Gasteiger partial charge in [-0.1, -0.05) is 0 Å². The Labute approximate surface area is 177 Å². The number of aryl methyl sites for hydroxylation is 1. The molecule has 0 saturated heterocycles. The fraction of sp³-hybridized carbons (Fsp3) is 0.300. The molecule has 0 saturated carbocycles. The maximum atomic E-state index is 11.4. The monoisotopic (exact) mass is 460 g/mol. The van der Waals surface area contributed by atoms with Crippen molar-refractivity contribution in [1.29, 1.82) is 5.26 Å². The van der Waals surface area contributed by atoms with Gasteiger partial charge in [-0.05, 0) is 59.6 Å². The van der Waals surface area contributed by atoms with Gasteiger partial charge in [-0.2, -0.15) is 10.4 Å². The Morgan fingerprint density at radius 1 is 1.41 bits per heavy atom. The van der Waals surface area contributed by atoms with Crippen LogP contribution in [-0.2, 0) is 20.9 Å². The number of hydrogen-bond donors (Lipinski definition) is 1. The number of carbonyl (C=O) groups is 1. The third kappa shape index (κ3) is 6.55. The molecule has 2 aromatic rings. The lowest BCUT2D eigenvalue weighted by atomic mass is 10.1. The zero-order valence-corrected chi connectivity index (χ0v) is 17.9. The predicted octanol–water partition coefficient (Wildman–Crippen LogP) is 3.56. The Kier molecular flexibility index (Phi) is 8.58. The van der Waals surface area contributed by atoms with Crippen LogP contribution in [0.25, 0.3) is 0 Å². The van der Waals surface area contributed by atoms with E-state index in [1.165, 1.54) is 0 Å². The van der Waals surface area contributed by atoms with Crippen LogP contribution < -0.4 is 10.2 Å². The smallest absolute Gasteiger partial charge is 0.344 e. The van der Waals surface area contributed by atoms with Crippen LogP contribution in [0.1, 0.15) is 29.3 Å². The van der Waals surface area contributed by atoms with Crippen LogP contribution in [-0.4, -0.2) is 37.5 Å². The molecule has 0 atom stereocenters. The minimum atomic E-state index is -0.430. The highest BCUT2D eigenvalue weighted by atomic mass is 79.9. The lowest BCUT2D eigenvalue weighted by Crippen LogP contribution is -2.14. The van der Waals surface area contributed by atoms with Crippen molar-refractivity contribution in [3.05, 3.63) is 51.1 Å². The van der Waals surface area contributed by atoms with Gasteiger partial charge in [-0.3, -0.25) is 5.43 Å². The molecule has 0 fully saturated rings. The Balaban J connectivity index is 2.08. The number of esters is 1. The van der Waals surface area contributed by atoms with Crippen LogP contribution in [0.4, 0.5) is 5.82 Å². The second-order valence-electron chi connectivity index (χ2n) is 5.84. The molecule has 1 aromatic heterocycles. The van der Waals surface area contributed by atoms with E-state index >= 15 is 0 Å². The number of aromatic nitrogens is 1. The number of halogens is 1. The molecule has 29 heavy (non-hydrogen) atoms. The third-order valence-electron chi connectivity index (χ3n) is 3.63. The van der Waals surface area contributed by atoms with Crippen molar-refractivity contribution in [3.63, 3.8) is 0 Å². The minimum Gasteiger partial charge on any atom is -0.481 e. The van der Waals surface area contributed by atoms with Gasteiger partial charge in [-0.15, -0.1) is 0 Å². The lowest BCUT2D eigenvalue weighted by molar-refractivity contribution is -0.145. The van der Waals surface area contributed by atoms with E-state index in [0.717, 1.165) is 16.8 Å². The van der Waals surface area contributed by atoms with E-state index in [2.05, 4.69) is 37.5 Å². The summed E-state index contributed by atoms with van der Waals surface area (Å²) in [5.41, 5.74) is 5.47. The van der Waals surface area contributed by atoms with Gasteiger partial charge >= 0.3 is 5.97 Å². The number of hydrazone groups is 1. The fourth-order valence-corrected chi connectivity index (χ4v) is 2.95. The van der Waals surface area contributed by atoms with Gasteiger partial charge in [-0.25, -0.2) is 9.78 Å². The largest absolute Gasteiger partial charge is 0.481 e. The SMILES string of the molecule is CCOC(=O)COc1ccc(C=NNc2nc(C)cc(COC)c2C#N)cc1Br. The Morgan fingerprint density at radius 2 is 2.21 bits per heavy atom.